The third-order valence-corrected chi connectivity index (χ3v) is 13.2. The molecule has 0 unspecified atom stereocenters. The number of hydrogen-bond donors (Lipinski definition) is 0. The van der Waals surface area contributed by atoms with E-state index < -0.39 is 22.6 Å². The SMILES string of the molecule is C=CC(=C)[Si](C)(C)O[Si](C)(C)CCCOc1ccc(C(=O)Oc2ccc(OCCCC)cc2)cc1. The third kappa shape index (κ3) is 9.87. The highest BCUT2D eigenvalue weighted by Crippen LogP contribution is 2.25. The zero-order valence-corrected chi connectivity index (χ0v) is 23.9. The number of carbonyl (C=O) groups is 1. The molecule has 2 aromatic rings. The molecule has 2 rings (SSSR count). The first-order valence-corrected chi connectivity index (χ1v) is 18.3. The van der Waals surface area contributed by atoms with Crippen LogP contribution < -0.4 is 14.2 Å². The van der Waals surface area contributed by atoms with Crippen LogP contribution in [0.4, 0.5) is 0 Å². The second-order valence-electron chi connectivity index (χ2n) is 9.64. The number of unbranched alkanes of at least 4 members (excludes halogenated alkanes) is 1. The van der Waals surface area contributed by atoms with Crippen LogP contribution in [0.1, 0.15) is 36.5 Å². The van der Waals surface area contributed by atoms with Crippen LogP contribution >= 0.6 is 0 Å². The Kier molecular flexibility index (Phi) is 11.0. The van der Waals surface area contributed by atoms with Gasteiger partial charge in [0.2, 0.25) is 8.32 Å². The lowest BCUT2D eigenvalue weighted by Gasteiger charge is -2.34. The average molecular weight is 513 g/mol. The van der Waals surface area contributed by atoms with Crippen LogP contribution in [0, 0.1) is 0 Å². The van der Waals surface area contributed by atoms with Crippen LogP contribution in [-0.4, -0.2) is 35.8 Å². The van der Waals surface area contributed by atoms with Gasteiger partial charge < -0.3 is 18.3 Å². The summed E-state index contributed by atoms with van der Waals surface area (Å²) in [6.45, 7) is 20.2. The smallest absolute Gasteiger partial charge is 0.343 e. The van der Waals surface area contributed by atoms with Gasteiger partial charge in [-0.3, -0.25) is 0 Å². The number of benzene rings is 2. The average Bonchev–Trinajstić information content (AvgIpc) is 2.82. The fourth-order valence-electron chi connectivity index (χ4n) is 3.53. The maximum atomic E-state index is 12.5. The molecule has 35 heavy (non-hydrogen) atoms. The van der Waals surface area contributed by atoms with Crippen molar-refractivity contribution in [1.29, 1.82) is 0 Å². The number of ether oxygens (including phenoxy) is 3. The Labute approximate surface area is 213 Å². The Balaban J connectivity index is 1.78. The van der Waals surface area contributed by atoms with Gasteiger partial charge in [0.25, 0.3) is 0 Å². The number of carbonyl (C=O) groups excluding carboxylic acids is 1. The van der Waals surface area contributed by atoms with E-state index in [1.165, 1.54) is 0 Å². The van der Waals surface area contributed by atoms with Crippen LogP contribution in [0.25, 0.3) is 0 Å². The van der Waals surface area contributed by atoms with Crippen molar-refractivity contribution in [3.8, 4) is 17.2 Å². The lowest BCUT2D eigenvalue weighted by atomic mass is 10.2. The fraction of sp³-hybridized carbons (Fsp3) is 0.393. The molecule has 0 aliphatic rings. The lowest BCUT2D eigenvalue weighted by molar-refractivity contribution is 0.0734. The first-order valence-electron chi connectivity index (χ1n) is 12.3. The quantitative estimate of drug-likeness (QED) is 0.0810. The van der Waals surface area contributed by atoms with Crippen LogP contribution in [0.15, 0.2) is 73.0 Å². The molecule has 2 aromatic carbocycles. The Hall–Kier alpha value is -2.62. The second-order valence-corrected chi connectivity index (χ2v) is 18.1. The molecule has 0 heterocycles. The van der Waals surface area contributed by atoms with E-state index in [1.807, 2.05) is 18.2 Å². The monoisotopic (exact) mass is 512 g/mol. The fourth-order valence-corrected chi connectivity index (χ4v) is 11.5. The van der Waals surface area contributed by atoms with Crippen LogP contribution in [0.3, 0.4) is 0 Å². The van der Waals surface area contributed by atoms with Gasteiger partial charge in [-0.2, -0.15) is 0 Å². The number of esters is 1. The third-order valence-electron chi connectivity index (χ3n) is 5.63. The van der Waals surface area contributed by atoms with Crippen LogP contribution in [-0.2, 0) is 4.12 Å². The molecule has 0 aromatic heterocycles. The molecular formula is C28H40O5Si2. The second kappa shape index (κ2) is 13.5. The highest BCUT2D eigenvalue weighted by atomic mass is 28.4. The van der Waals surface area contributed by atoms with E-state index in [-0.39, 0.29) is 0 Å². The molecular weight excluding hydrogens is 472 g/mol. The summed E-state index contributed by atoms with van der Waals surface area (Å²) in [5, 5.41) is 1.03. The maximum absolute atomic E-state index is 12.5. The van der Waals surface area contributed by atoms with E-state index in [0.717, 1.165) is 42.0 Å². The Morgan fingerprint density at radius 3 is 1.91 bits per heavy atom. The molecule has 0 bridgehead atoms. The van der Waals surface area contributed by atoms with Crippen molar-refractivity contribution < 1.29 is 23.1 Å². The van der Waals surface area contributed by atoms with Gasteiger partial charge in [-0.25, -0.2) is 4.79 Å². The molecule has 5 nitrogen and oxygen atoms in total. The minimum absolute atomic E-state index is 0.408. The van der Waals surface area contributed by atoms with Gasteiger partial charge in [-0.15, -0.1) is 0 Å². The highest BCUT2D eigenvalue weighted by molar-refractivity contribution is 6.89. The van der Waals surface area contributed by atoms with Gasteiger partial charge in [0.05, 0.1) is 18.8 Å². The molecule has 0 saturated carbocycles. The predicted molar refractivity (Wildman–Crippen MR) is 149 cm³/mol. The van der Waals surface area contributed by atoms with Gasteiger partial charge in [0.1, 0.15) is 17.2 Å². The van der Waals surface area contributed by atoms with Crippen molar-refractivity contribution in [1.82, 2.24) is 0 Å². The van der Waals surface area contributed by atoms with E-state index in [4.69, 9.17) is 18.3 Å². The van der Waals surface area contributed by atoms with Crippen LogP contribution in [0.5, 0.6) is 17.2 Å². The van der Waals surface area contributed by atoms with Crippen molar-refractivity contribution in [3.63, 3.8) is 0 Å². The summed E-state index contributed by atoms with van der Waals surface area (Å²) in [5.74, 6) is 1.57. The van der Waals surface area contributed by atoms with E-state index >= 15 is 0 Å². The molecule has 0 aliphatic heterocycles. The van der Waals surface area contributed by atoms with Crippen molar-refractivity contribution in [2.24, 2.45) is 0 Å². The molecule has 0 amide bonds. The molecule has 0 radical (unpaired) electrons. The summed E-state index contributed by atoms with van der Waals surface area (Å²) in [5.41, 5.74) is 0.470. The van der Waals surface area contributed by atoms with Gasteiger partial charge >= 0.3 is 5.97 Å². The van der Waals surface area contributed by atoms with Crippen LogP contribution in [0.2, 0.25) is 32.2 Å². The zero-order chi connectivity index (χ0) is 25.9. The first kappa shape index (κ1) is 28.6. The number of rotatable bonds is 15. The Morgan fingerprint density at radius 1 is 0.857 bits per heavy atom. The summed E-state index contributed by atoms with van der Waals surface area (Å²) in [6.07, 6.45) is 4.82. The number of allylic oxidation sites excluding steroid dienone is 2. The largest absolute Gasteiger partial charge is 0.494 e. The Bertz CT molecular complexity index is 966. The molecule has 0 N–H and O–H groups in total. The topological polar surface area (TPSA) is 54.0 Å². The minimum Gasteiger partial charge on any atom is -0.494 e. The lowest BCUT2D eigenvalue weighted by Crippen LogP contribution is -2.45. The van der Waals surface area contributed by atoms with Gasteiger partial charge in [-0.1, -0.05) is 32.6 Å². The summed E-state index contributed by atoms with van der Waals surface area (Å²) in [6, 6.07) is 15.1. The number of hydrogen-bond acceptors (Lipinski definition) is 5. The van der Waals surface area contributed by atoms with Crippen molar-refractivity contribution in [3.05, 3.63) is 78.5 Å². The minimum atomic E-state index is -1.96. The maximum Gasteiger partial charge on any atom is 0.343 e. The first-order chi connectivity index (χ1) is 16.6. The summed E-state index contributed by atoms with van der Waals surface area (Å²) in [7, 11) is -3.79. The molecule has 0 saturated heterocycles. The van der Waals surface area contributed by atoms with Gasteiger partial charge in [0.15, 0.2) is 8.32 Å². The van der Waals surface area contributed by atoms with E-state index in [2.05, 4.69) is 46.3 Å². The summed E-state index contributed by atoms with van der Waals surface area (Å²) in [4.78, 5) is 12.5. The molecule has 0 fully saturated rings. The summed E-state index contributed by atoms with van der Waals surface area (Å²) < 4.78 is 23.5. The molecule has 190 valence electrons. The van der Waals surface area contributed by atoms with E-state index in [9.17, 15) is 4.79 Å². The van der Waals surface area contributed by atoms with E-state index in [1.54, 1.807) is 36.4 Å². The predicted octanol–water partition coefficient (Wildman–Crippen LogP) is 7.56. The van der Waals surface area contributed by atoms with Gasteiger partial charge in [-0.05, 0) is 98.8 Å². The van der Waals surface area contributed by atoms with E-state index in [0.29, 0.717) is 24.5 Å². The standard InChI is InChI=1S/C28H40O5Si2/c1-8-10-20-30-26-16-18-27(19-17-26)32-28(29)24-12-14-25(15-13-24)31-21-11-22-34(4,5)33-35(6,7)23(3)9-2/h9,12-19H,2-3,8,10-11,20-22H2,1,4-7H3. The highest BCUT2D eigenvalue weighted by Gasteiger charge is 2.33. The zero-order valence-electron chi connectivity index (χ0n) is 21.9. The normalized spacial score (nSPS) is 11.6. The summed E-state index contributed by atoms with van der Waals surface area (Å²) >= 11 is 0. The molecule has 0 spiro atoms. The molecule has 7 heteroatoms. The van der Waals surface area contributed by atoms with Crippen molar-refractivity contribution >= 4 is 22.6 Å². The molecule has 0 aliphatic carbocycles. The van der Waals surface area contributed by atoms with Crippen molar-refractivity contribution in [2.75, 3.05) is 13.2 Å². The van der Waals surface area contributed by atoms with Gasteiger partial charge in [0, 0.05) is 0 Å². The van der Waals surface area contributed by atoms with Crippen molar-refractivity contribution in [2.45, 2.75) is 58.4 Å². The molecule has 0 atom stereocenters. The Morgan fingerprint density at radius 2 is 1.37 bits per heavy atom.